The molecule has 18 heteroatoms. The van der Waals surface area contributed by atoms with Crippen LogP contribution in [0.1, 0.15) is 7.12 Å². The molecule has 0 aromatic carbocycles. The number of carboxylic acid groups (broad SMARTS) is 1. The van der Waals surface area contributed by atoms with Crippen molar-refractivity contribution in [3.63, 3.8) is 0 Å². The number of hydrogen-bond donors (Lipinski definition) is 3. The number of halogens is 1. The quantitative estimate of drug-likeness (QED) is 0.142. The van der Waals surface area contributed by atoms with Crippen LogP contribution in [-0.4, -0.2) is 101 Å². The molecular formula is C18H25ClKN9O4S3. The zero-order chi connectivity index (χ0) is 24.4. The SMILES string of the molecule is CN(C)CCn1nnnc1SCC1=C(C(=O)O)N2C(=O)[C@@H](NC(=O)Cc3csc(N)n3)[C@H]2SC1.Cl.[H-].[K+]. The number of thiazole rings is 1. The Morgan fingerprint density at radius 2 is 2.17 bits per heavy atom. The Balaban J connectivity index is 0.00000228. The normalized spacial score (nSPS) is 18.8. The van der Waals surface area contributed by atoms with Crippen LogP contribution >= 0.6 is 47.3 Å². The summed E-state index contributed by atoms with van der Waals surface area (Å²) in [6.07, 6.45) is 0.000917. The van der Waals surface area contributed by atoms with Gasteiger partial charge in [-0.15, -0.1) is 40.6 Å². The third-order valence-corrected chi connectivity index (χ3v) is 8.22. The van der Waals surface area contributed by atoms with Crippen molar-refractivity contribution in [3.8, 4) is 0 Å². The maximum Gasteiger partial charge on any atom is 1.00 e. The van der Waals surface area contributed by atoms with Crippen molar-refractivity contribution >= 4 is 70.2 Å². The van der Waals surface area contributed by atoms with E-state index >= 15 is 0 Å². The van der Waals surface area contributed by atoms with Crippen LogP contribution in [0.2, 0.25) is 0 Å². The van der Waals surface area contributed by atoms with E-state index in [0.29, 0.717) is 39.6 Å². The number of carbonyl (C=O) groups excluding carboxylic acids is 2. The number of nitrogen functional groups attached to an aromatic ring is 1. The van der Waals surface area contributed by atoms with Gasteiger partial charge in [0.25, 0.3) is 5.91 Å². The number of fused-ring (bicyclic) bond motifs is 1. The molecule has 0 saturated carbocycles. The molecule has 2 aliphatic rings. The number of likely N-dealkylation sites (N-methyl/N-ethyl adjacent to an activating group) is 1. The number of thioether (sulfide) groups is 2. The molecule has 192 valence electrons. The number of nitrogens with one attached hydrogen (secondary N) is 1. The van der Waals surface area contributed by atoms with Gasteiger partial charge in [0.1, 0.15) is 17.1 Å². The third-order valence-electron chi connectivity index (χ3n) is 5.11. The summed E-state index contributed by atoms with van der Waals surface area (Å²) in [6.45, 7) is 1.36. The first-order valence-electron chi connectivity index (χ1n) is 10.2. The first kappa shape index (κ1) is 31.5. The van der Waals surface area contributed by atoms with E-state index in [1.165, 1.54) is 39.8 Å². The van der Waals surface area contributed by atoms with Gasteiger partial charge in [0.15, 0.2) is 5.13 Å². The van der Waals surface area contributed by atoms with E-state index in [0.717, 1.165) is 6.54 Å². The van der Waals surface area contributed by atoms with E-state index in [9.17, 15) is 19.5 Å². The van der Waals surface area contributed by atoms with Crippen LogP contribution < -0.4 is 62.4 Å². The molecule has 2 aromatic rings. The summed E-state index contributed by atoms with van der Waals surface area (Å²) in [5, 5.41) is 26.4. The van der Waals surface area contributed by atoms with E-state index in [4.69, 9.17) is 5.73 Å². The third kappa shape index (κ3) is 7.21. The van der Waals surface area contributed by atoms with E-state index in [-0.39, 0.29) is 83.2 Å². The fourth-order valence-electron chi connectivity index (χ4n) is 3.47. The second kappa shape index (κ2) is 13.9. The molecule has 2 atom stereocenters. The van der Waals surface area contributed by atoms with Gasteiger partial charge in [0.05, 0.1) is 18.7 Å². The monoisotopic (exact) mass is 601 g/mol. The number of tetrazole rings is 1. The maximum atomic E-state index is 12.8. The van der Waals surface area contributed by atoms with Crippen molar-refractivity contribution in [2.24, 2.45) is 0 Å². The average Bonchev–Trinajstić information content (AvgIpc) is 3.41. The maximum absolute atomic E-state index is 12.8. The minimum Gasteiger partial charge on any atom is -1.00 e. The van der Waals surface area contributed by atoms with E-state index in [2.05, 4.69) is 25.8 Å². The number of hydrogen-bond acceptors (Lipinski definition) is 12. The van der Waals surface area contributed by atoms with Crippen LogP contribution in [-0.2, 0) is 27.3 Å². The molecule has 0 radical (unpaired) electrons. The molecule has 0 aliphatic carbocycles. The summed E-state index contributed by atoms with van der Waals surface area (Å²) < 4.78 is 1.67. The fraction of sp³-hybridized carbons (Fsp3) is 0.500. The zero-order valence-electron chi connectivity index (χ0n) is 20.8. The number of anilines is 1. The van der Waals surface area contributed by atoms with E-state index in [1.54, 1.807) is 10.1 Å². The summed E-state index contributed by atoms with van der Waals surface area (Å²) in [5.41, 5.74) is 6.68. The molecule has 2 aliphatic heterocycles. The van der Waals surface area contributed by atoms with E-state index < -0.39 is 23.3 Å². The Labute approximate surface area is 269 Å². The van der Waals surface area contributed by atoms with Crippen LogP contribution in [0.25, 0.3) is 0 Å². The summed E-state index contributed by atoms with van der Waals surface area (Å²) >= 11 is 3.98. The summed E-state index contributed by atoms with van der Waals surface area (Å²) in [6, 6.07) is -0.782. The van der Waals surface area contributed by atoms with Gasteiger partial charge in [0.2, 0.25) is 11.1 Å². The van der Waals surface area contributed by atoms with Crippen LogP contribution in [0, 0.1) is 0 Å². The predicted molar refractivity (Wildman–Crippen MR) is 135 cm³/mol. The van der Waals surface area contributed by atoms with Gasteiger partial charge in [-0.05, 0) is 30.1 Å². The molecule has 4 N–H and O–H groups in total. The molecule has 0 spiro atoms. The van der Waals surface area contributed by atoms with E-state index in [1.807, 2.05) is 19.0 Å². The van der Waals surface area contributed by atoms with Crippen LogP contribution in [0.4, 0.5) is 5.13 Å². The van der Waals surface area contributed by atoms with Crippen molar-refractivity contribution in [2.75, 3.05) is 37.9 Å². The number of aliphatic carboxylic acids is 1. The molecule has 1 saturated heterocycles. The van der Waals surface area contributed by atoms with Crippen molar-refractivity contribution in [3.05, 3.63) is 22.3 Å². The molecule has 0 bridgehead atoms. The van der Waals surface area contributed by atoms with Crippen molar-refractivity contribution in [1.82, 2.24) is 40.3 Å². The van der Waals surface area contributed by atoms with Gasteiger partial charge in [-0.2, -0.15) is 0 Å². The molecule has 1 fully saturated rings. The molecular weight excluding hydrogens is 577 g/mol. The van der Waals surface area contributed by atoms with Gasteiger partial charge in [-0.1, -0.05) is 11.8 Å². The molecule has 2 aromatic heterocycles. The number of β-lactam (4-membered cyclic amide) rings is 1. The first-order valence-corrected chi connectivity index (χ1v) is 13.1. The number of carbonyl (C=O) groups is 3. The fourth-order valence-corrected chi connectivity index (χ4v) is 6.42. The minimum absolute atomic E-state index is 0. The van der Waals surface area contributed by atoms with Crippen LogP contribution in [0.15, 0.2) is 21.8 Å². The van der Waals surface area contributed by atoms with Gasteiger partial charge in [0, 0.05) is 23.4 Å². The van der Waals surface area contributed by atoms with Gasteiger partial charge < -0.3 is 22.5 Å². The Kier molecular flexibility index (Phi) is 12.1. The van der Waals surface area contributed by atoms with Crippen molar-refractivity contribution in [2.45, 2.75) is 29.5 Å². The largest absolute Gasteiger partial charge is 1.00 e. The topological polar surface area (TPSA) is 172 Å². The minimum atomic E-state index is -1.18. The molecule has 4 heterocycles. The Morgan fingerprint density at radius 1 is 1.42 bits per heavy atom. The number of nitrogens with two attached hydrogens (primary N) is 1. The van der Waals surface area contributed by atoms with Crippen molar-refractivity contribution in [1.29, 1.82) is 0 Å². The summed E-state index contributed by atoms with van der Waals surface area (Å²) in [7, 11) is 3.90. The number of aromatic nitrogens is 5. The molecule has 4 rings (SSSR count). The zero-order valence-corrected chi connectivity index (χ0v) is 26.2. The van der Waals surface area contributed by atoms with Crippen LogP contribution in [0.5, 0.6) is 0 Å². The van der Waals surface area contributed by atoms with Gasteiger partial charge in [-0.25, -0.2) is 14.5 Å². The summed E-state index contributed by atoms with van der Waals surface area (Å²) in [5.74, 6) is -1.24. The van der Waals surface area contributed by atoms with Gasteiger partial charge in [-0.3, -0.25) is 14.5 Å². The number of rotatable bonds is 10. The number of carboxylic acids is 1. The Bertz CT molecular complexity index is 1150. The Hall–Kier alpha value is -0.764. The average molecular weight is 602 g/mol. The Morgan fingerprint density at radius 3 is 2.81 bits per heavy atom. The second-order valence-electron chi connectivity index (χ2n) is 7.84. The molecule has 0 unspecified atom stereocenters. The smallest absolute Gasteiger partial charge is 1.00 e. The molecule has 13 nitrogen and oxygen atoms in total. The number of amides is 2. The number of nitrogens with zero attached hydrogens (tertiary/aromatic N) is 7. The van der Waals surface area contributed by atoms with Gasteiger partial charge >= 0.3 is 57.4 Å². The second-order valence-corrected chi connectivity index (χ2v) is 10.8. The predicted octanol–water partition coefficient (Wildman–Crippen LogP) is -3.11. The van der Waals surface area contributed by atoms with Crippen LogP contribution in [0.3, 0.4) is 0 Å². The molecule has 2 amide bonds. The van der Waals surface area contributed by atoms with Crippen molar-refractivity contribution < 1.29 is 72.3 Å². The standard InChI is InChI=1S/C18H23N9O4S3.ClH.K.H/c1-25(2)3-4-26-18(22-23-24-26)34-7-9-6-32-15-12(14(29)27(15)13(9)16(30)31)21-11(28)5-10-8-33-17(19)20-10;;;/h8,12,15H,3-7H2,1-2H3,(H2,19,20)(H,21,28)(H,30,31);1H;;/q;;+1;-1/t12-,15-;;;/m1.../s1. The summed E-state index contributed by atoms with van der Waals surface area (Å²) in [4.78, 5) is 44.5. The molecule has 36 heavy (non-hydrogen) atoms. The first-order chi connectivity index (χ1) is 16.2.